The number of benzene rings is 1. The van der Waals surface area contributed by atoms with Gasteiger partial charge in [0.2, 0.25) is 0 Å². The molecule has 1 N–H and O–H groups in total. The summed E-state index contributed by atoms with van der Waals surface area (Å²) >= 11 is 5.83. The Kier molecular flexibility index (Phi) is 3.22. The van der Waals surface area contributed by atoms with E-state index in [1.54, 1.807) is 29.9 Å². The molecule has 0 bridgehead atoms. The van der Waals surface area contributed by atoms with E-state index < -0.39 is 5.60 Å². The number of hydrogen-bond acceptors (Lipinski definition) is 2. The number of aromatic nitrogens is 2. The summed E-state index contributed by atoms with van der Waals surface area (Å²) < 4.78 is 1.73. The maximum atomic E-state index is 10.5. The zero-order chi connectivity index (χ0) is 12.5. The molecule has 0 amide bonds. The third-order valence-electron chi connectivity index (χ3n) is 2.77. The van der Waals surface area contributed by atoms with Gasteiger partial charge in [-0.15, -0.1) is 0 Å². The van der Waals surface area contributed by atoms with Gasteiger partial charge in [-0.1, -0.05) is 23.7 Å². The van der Waals surface area contributed by atoms with Crippen molar-refractivity contribution in [3.63, 3.8) is 0 Å². The van der Waals surface area contributed by atoms with Crippen LogP contribution in [-0.4, -0.2) is 14.9 Å². The quantitative estimate of drug-likeness (QED) is 0.909. The second kappa shape index (κ2) is 4.51. The van der Waals surface area contributed by atoms with Crippen molar-refractivity contribution in [2.45, 2.75) is 18.9 Å². The van der Waals surface area contributed by atoms with Crippen LogP contribution in [0.25, 0.3) is 0 Å². The first-order chi connectivity index (χ1) is 7.97. The average Bonchev–Trinajstić information content (AvgIpc) is 2.63. The smallest absolute Gasteiger partial charge is 0.0909 e. The van der Waals surface area contributed by atoms with Gasteiger partial charge in [-0.05, 0) is 30.2 Å². The average molecular weight is 251 g/mol. The van der Waals surface area contributed by atoms with E-state index in [2.05, 4.69) is 5.10 Å². The van der Waals surface area contributed by atoms with E-state index in [0.29, 0.717) is 11.4 Å². The molecule has 1 aromatic heterocycles. The van der Waals surface area contributed by atoms with Gasteiger partial charge in [0, 0.05) is 24.7 Å². The largest absolute Gasteiger partial charge is 0.385 e. The Morgan fingerprint density at radius 1 is 1.35 bits per heavy atom. The van der Waals surface area contributed by atoms with Crippen molar-refractivity contribution in [1.82, 2.24) is 9.78 Å². The molecule has 0 aliphatic carbocycles. The summed E-state index contributed by atoms with van der Waals surface area (Å²) in [5.41, 5.74) is 0.950. The number of halogens is 1. The topological polar surface area (TPSA) is 38.0 Å². The molecule has 0 saturated heterocycles. The van der Waals surface area contributed by atoms with Crippen LogP contribution in [0.15, 0.2) is 36.7 Å². The van der Waals surface area contributed by atoms with Crippen LogP contribution < -0.4 is 0 Å². The molecule has 2 rings (SSSR count). The molecule has 2 aromatic rings. The number of nitrogens with zero attached hydrogens (tertiary/aromatic N) is 2. The SMILES string of the molecule is Cn1cc(CC(C)(O)c2ccc(Cl)cc2)cn1. The summed E-state index contributed by atoms with van der Waals surface area (Å²) in [4.78, 5) is 0. The van der Waals surface area contributed by atoms with Crippen LogP contribution in [0.2, 0.25) is 5.02 Å². The molecule has 0 fully saturated rings. The highest BCUT2D eigenvalue weighted by molar-refractivity contribution is 6.30. The normalized spacial score (nSPS) is 14.6. The van der Waals surface area contributed by atoms with Gasteiger partial charge in [-0.3, -0.25) is 4.68 Å². The van der Waals surface area contributed by atoms with Crippen LogP contribution in [0.1, 0.15) is 18.1 Å². The Hall–Kier alpha value is -1.32. The van der Waals surface area contributed by atoms with Gasteiger partial charge >= 0.3 is 0 Å². The Labute approximate surface area is 106 Å². The second-order valence-electron chi connectivity index (χ2n) is 4.48. The van der Waals surface area contributed by atoms with Crippen LogP contribution >= 0.6 is 11.6 Å². The molecule has 0 radical (unpaired) electrons. The van der Waals surface area contributed by atoms with Gasteiger partial charge in [0.05, 0.1) is 11.8 Å². The van der Waals surface area contributed by atoms with Gasteiger partial charge in [-0.2, -0.15) is 5.10 Å². The summed E-state index contributed by atoms with van der Waals surface area (Å²) in [5, 5.41) is 15.2. The van der Waals surface area contributed by atoms with E-state index >= 15 is 0 Å². The second-order valence-corrected chi connectivity index (χ2v) is 4.92. The van der Waals surface area contributed by atoms with Crippen molar-refractivity contribution < 1.29 is 5.11 Å². The highest BCUT2D eigenvalue weighted by atomic mass is 35.5. The molecule has 17 heavy (non-hydrogen) atoms. The lowest BCUT2D eigenvalue weighted by atomic mass is 9.90. The minimum Gasteiger partial charge on any atom is -0.385 e. The molecule has 0 spiro atoms. The van der Waals surface area contributed by atoms with Gasteiger partial charge in [0.25, 0.3) is 0 Å². The highest BCUT2D eigenvalue weighted by Gasteiger charge is 2.23. The Bertz CT molecular complexity index is 502. The summed E-state index contributed by atoms with van der Waals surface area (Å²) in [7, 11) is 1.86. The van der Waals surface area contributed by atoms with Crippen molar-refractivity contribution in [2.24, 2.45) is 7.05 Å². The first-order valence-corrected chi connectivity index (χ1v) is 5.81. The lowest BCUT2D eigenvalue weighted by Gasteiger charge is -2.23. The van der Waals surface area contributed by atoms with Crippen LogP contribution in [0, 0.1) is 0 Å². The molecule has 0 aliphatic heterocycles. The molecule has 1 heterocycles. The molecule has 3 nitrogen and oxygen atoms in total. The molecule has 1 unspecified atom stereocenters. The molecule has 0 aliphatic rings. The van der Waals surface area contributed by atoms with Gasteiger partial charge in [0.15, 0.2) is 0 Å². The first-order valence-electron chi connectivity index (χ1n) is 5.43. The van der Waals surface area contributed by atoms with Crippen LogP contribution in [0.4, 0.5) is 0 Å². The van der Waals surface area contributed by atoms with E-state index in [1.165, 1.54) is 0 Å². The number of aliphatic hydroxyl groups is 1. The van der Waals surface area contributed by atoms with Crippen LogP contribution in [0.5, 0.6) is 0 Å². The minimum absolute atomic E-state index is 0.530. The van der Waals surface area contributed by atoms with Gasteiger partial charge in [-0.25, -0.2) is 0 Å². The van der Waals surface area contributed by atoms with E-state index in [9.17, 15) is 5.11 Å². The van der Waals surface area contributed by atoms with Crippen molar-refractivity contribution >= 4 is 11.6 Å². The summed E-state index contributed by atoms with van der Waals surface area (Å²) in [6, 6.07) is 7.26. The van der Waals surface area contributed by atoms with E-state index in [4.69, 9.17) is 11.6 Å². The molecule has 1 aromatic carbocycles. The maximum Gasteiger partial charge on any atom is 0.0909 e. The van der Waals surface area contributed by atoms with Crippen molar-refractivity contribution in [1.29, 1.82) is 0 Å². The monoisotopic (exact) mass is 250 g/mol. The zero-order valence-electron chi connectivity index (χ0n) is 9.89. The molecule has 1 atom stereocenters. The van der Waals surface area contributed by atoms with Crippen LogP contribution in [0.3, 0.4) is 0 Å². The molecule has 4 heteroatoms. The van der Waals surface area contributed by atoms with E-state index in [0.717, 1.165) is 11.1 Å². The van der Waals surface area contributed by atoms with E-state index in [-0.39, 0.29) is 0 Å². The Morgan fingerprint density at radius 2 is 2.00 bits per heavy atom. The summed E-state index contributed by atoms with van der Waals surface area (Å²) in [6.45, 7) is 1.79. The predicted octanol–water partition coefficient (Wildman–Crippen LogP) is 2.52. The molecule has 90 valence electrons. The fourth-order valence-electron chi connectivity index (χ4n) is 1.87. The maximum absolute atomic E-state index is 10.5. The van der Waals surface area contributed by atoms with Gasteiger partial charge in [0.1, 0.15) is 0 Å². The summed E-state index contributed by atoms with van der Waals surface area (Å²) in [6.07, 6.45) is 4.21. The molecular weight excluding hydrogens is 236 g/mol. The van der Waals surface area contributed by atoms with Gasteiger partial charge < -0.3 is 5.11 Å². The highest BCUT2D eigenvalue weighted by Crippen LogP contribution is 2.26. The van der Waals surface area contributed by atoms with Crippen molar-refractivity contribution in [2.75, 3.05) is 0 Å². The number of rotatable bonds is 3. The lowest BCUT2D eigenvalue weighted by Crippen LogP contribution is -2.23. The van der Waals surface area contributed by atoms with E-state index in [1.807, 2.05) is 25.4 Å². The van der Waals surface area contributed by atoms with Crippen LogP contribution in [-0.2, 0) is 19.1 Å². The van der Waals surface area contributed by atoms with Crippen molar-refractivity contribution in [3.8, 4) is 0 Å². The minimum atomic E-state index is -0.909. The first kappa shape index (κ1) is 12.1. The number of aryl methyl sites for hydroxylation is 1. The Morgan fingerprint density at radius 3 is 2.53 bits per heavy atom. The van der Waals surface area contributed by atoms with Crippen molar-refractivity contribution in [3.05, 3.63) is 52.8 Å². The fraction of sp³-hybridized carbons (Fsp3) is 0.308. The Balaban J connectivity index is 2.21. The fourth-order valence-corrected chi connectivity index (χ4v) is 2.00. The number of hydrogen-bond donors (Lipinski definition) is 1. The lowest BCUT2D eigenvalue weighted by molar-refractivity contribution is 0.0576. The predicted molar refractivity (Wildman–Crippen MR) is 67.9 cm³/mol. The zero-order valence-corrected chi connectivity index (χ0v) is 10.6. The third kappa shape index (κ3) is 2.87. The molecule has 0 saturated carbocycles. The molecular formula is C13H15ClN2O. The third-order valence-corrected chi connectivity index (χ3v) is 3.02. The summed E-state index contributed by atoms with van der Waals surface area (Å²) in [5.74, 6) is 0. The standard InChI is InChI=1S/C13H15ClN2O/c1-13(17,7-10-8-15-16(2)9-10)11-3-5-12(14)6-4-11/h3-6,8-9,17H,7H2,1-2H3.